The number of ketones is 1. The minimum Gasteiger partial charge on any atom is -0.397 e. The number of carbonyl (C=O) groups excluding carboxylic acids is 1. The number of aryl methyl sites for hydroxylation is 1. The second kappa shape index (κ2) is 3.85. The van der Waals surface area contributed by atoms with Gasteiger partial charge in [0.2, 0.25) is 0 Å². The molecule has 0 fully saturated rings. The molecule has 0 aromatic carbocycles. The van der Waals surface area contributed by atoms with Crippen LogP contribution in [-0.2, 0) is 4.79 Å². The van der Waals surface area contributed by atoms with Gasteiger partial charge < -0.3 is 5.73 Å². The van der Waals surface area contributed by atoms with E-state index in [9.17, 15) is 4.79 Å². The Labute approximate surface area is 89.0 Å². The van der Waals surface area contributed by atoms with E-state index in [2.05, 4.69) is 4.98 Å². The highest BCUT2D eigenvalue weighted by Crippen LogP contribution is 2.27. The lowest BCUT2D eigenvalue weighted by Crippen LogP contribution is -2.05. The van der Waals surface area contributed by atoms with Crippen molar-refractivity contribution in [3.63, 3.8) is 0 Å². The number of nitrogens with zero attached hydrogens (tertiary/aromatic N) is 1. The van der Waals surface area contributed by atoms with E-state index in [1.165, 1.54) is 0 Å². The third-order valence-electron chi connectivity index (χ3n) is 2.56. The summed E-state index contributed by atoms with van der Waals surface area (Å²) in [5.74, 6) is 0.179. The van der Waals surface area contributed by atoms with Gasteiger partial charge in [0, 0.05) is 12.6 Å². The maximum absolute atomic E-state index is 11.3. The number of pyridine rings is 1. The predicted molar refractivity (Wildman–Crippen MR) is 60.2 cm³/mol. The molecule has 1 heterocycles. The molecule has 0 atom stereocenters. The van der Waals surface area contributed by atoms with Crippen molar-refractivity contribution in [2.45, 2.75) is 26.2 Å². The maximum Gasteiger partial charge on any atom is 0.156 e. The Bertz CT molecular complexity index is 435. The topological polar surface area (TPSA) is 56.0 Å². The smallest absolute Gasteiger partial charge is 0.156 e. The highest BCUT2D eigenvalue weighted by Gasteiger charge is 2.14. The lowest BCUT2D eigenvalue weighted by atomic mass is 9.95. The summed E-state index contributed by atoms with van der Waals surface area (Å²) >= 11 is 0. The molecule has 0 bridgehead atoms. The van der Waals surface area contributed by atoms with Crippen LogP contribution in [0.1, 0.15) is 30.5 Å². The summed E-state index contributed by atoms with van der Waals surface area (Å²) in [5, 5.41) is 0. The molecule has 1 aromatic rings. The summed E-state index contributed by atoms with van der Waals surface area (Å²) in [6.45, 7) is 1.95. The van der Waals surface area contributed by atoms with Crippen LogP contribution in [0.3, 0.4) is 0 Å². The zero-order valence-electron chi connectivity index (χ0n) is 8.79. The number of hydrogen-bond acceptors (Lipinski definition) is 3. The SMILES string of the molecule is Cc1cnc(C2=CC(=O)CCC2)c(N)c1. The fraction of sp³-hybridized carbons (Fsp3) is 0.333. The number of nitrogen functional groups attached to an aromatic ring is 1. The van der Waals surface area contributed by atoms with Crippen LogP contribution in [0.25, 0.3) is 5.57 Å². The molecule has 15 heavy (non-hydrogen) atoms. The molecular weight excluding hydrogens is 188 g/mol. The molecule has 0 radical (unpaired) electrons. The monoisotopic (exact) mass is 202 g/mol. The highest BCUT2D eigenvalue weighted by molar-refractivity contribution is 5.98. The van der Waals surface area contributed by atoms with Gasteiger partial charge in [-0.3, -0.25) is 9.78 Å². The Morgan fingerprint density at radius 1 is 1.40 bits per heavy atom. The number of carbonyl (C=O) groups is 1. The highest BCUT2D eigenvalue weighted by atomic mass is 16.1. The molecule has 0 unspecified atom stereocenters. The number of anilines is 1. The molecule has 2 rings (SSSR count). The molecular formula is C12H14N2O. The van der Waals surface area contributed by atoms with Gasteiger partial charge in [-0.2, -0.15) is 0 Å². The summed E-state index contributed by atoms with van der Waals surface area (Å²) in [5.41, 5.74) is 9.33. The zero-order chi connectivity index (χ0) is 10.8. The molecule has 0 aliphatic heterocycles. The van der Waals surface area contributed by atoms with Crippen molar-refractivity contribution < 1.29 is 4.79 Å². The van der Waals surface area contributed by atoms with E-state index >= 15 is 0 Å². The second-order valence-electron chi connectivity index (χ2n) is 3.94. The van der Waals surface area contributed by atoms with E-state index in [4.69, 9.17) is 5.73 Å². The Hall–Kier alpha value is -1.64. The molecule has 2 N–H and O–H groups in total. The molecule has 0 saturated heterocycles. The Kier molecular flexibility index (Phi) is 2.54. The van der Waals surface area contributed by atoms with Crippen LogP contribution >= 0.6 is 0 Å². The van der Waals surface area contributed by atoms with Crippen molar-refractivity contribution in [3.8, 4) is 0 Å². The van der Waals surface area contributed by atoms with Gasteiger partial charge in [-0.1, -0.05) is 0 Å². The van der Waals surface area contributed by atoms with E-state index in [1.807, 2.05) is 13.0 Å². The predicted octanol–water partition coefficient (Wildman–Crippen LogP) is 2.11. The van der Waals surface area contributed by atoms with Crippen molar-refractivity contribution in [1.82, 2.24) is 4.98 Å². The molecule has 0 spiro atoms. The number of hydrogen-bond donors (Lipinski definition) is 1. The first-order valence-corrected chi connectivity index (χ1v) is 5.13. The van der Waals surface area contributed by atoms with E-state index in [-0.39, 0.29) is 5.78 Å². The van der Waals surface area contributed by atoms with Gasteiger partial charge in [0.15, 0.2) is 5.78 Å². The van der Waals surface area contributed by atoms with Crippen molar-refractivity contribution in [2.75, 3.05) is 5.73 Å². The van der Waals surface area contributed by atoms with Crippen molar-refractivity contribution in [3.05, 3.63) is 29.6 Å². The molecule has 3 heteroatoms. The summed E-state index contributed by atoms with van der Waals surface area (Å²) in [6, 6.07) is 1.89. The molecule has 0 saturated carbocycles. The zero-order valence-corrected chi connectivity index (χ0v) is 8.79. The fourth-order valence-electron chi connectivity index (χ4n) is 1.84. The van der Waals surface area contributed by atoms with Crippen LogP contribution in [0.15, 0.2) is 18.3 Å². The van der Waals surface area contributed by atoms with E-state index in [0.29, 0.717) is 12.1 Å². The lowest BCUT2D eigenvalue weighted by Gasteiger charge is -2.13. The number of allylic oxidation sites excluding steroid dienone is 2. The molecule has 78 valence electrons. The Morgan fingerprint density at radius 3 is 2.87 bits per heavy atom. The molecule has 0 amide bonds. The number of nitrogens with two attached hydrogens (primary N) is 1. The van der Waals surface area contributed by atoms with Gasteiger partial charge in [-0.15, -0.1) is 0 Å². The quantitative estimate of drug-likeness (QED) is 0.758. The van der Waals surface area contributed by atoms with Gasteiger partial charge in [0.05, 0.1) is 11.4 Å². The lowest BCUT2D eigenvalue weighted by molar-refractivity contribution is -0.114. The first kappa shape index (κ1) is 9.90. The average Bonchev–Trinajstić information content (AvgIpc) is 2.17. The van der Waals surface area contributed by atoms with E-state index in [0.717, 1.165) is 29.7 Å². The number of rotatable bonds is 1. The minimum atomic E-state index is 0.179. The van der Waals surface area contributed by atoms with E-state index < -0.39 is 0 Å². The van der Waals surface area contributed by atoms with Gasteiger partial charge in [0.1, 0.15) is 0 Å². The van der Waals surface area contributed by atoms with Gasteiger partial charge >= 0.3 is 0 Å². The number of aromatic nitrogens is 1. The van der Waals surface area contributed by atoms with Gasteiger partial charge in [-0.25, -0.2) is 0 Å². The van der Waals surface area contributed by atoms with Crippen LogP contribution in [0.2, 0.25) is 0 Å². The van der Waals surface area contributed by atoms with Crippen molar-refractivity contribution >= 4 is 17.0 Å². The summed E-state index contributed by atoms with van der Waals surface area (Å²) in [6.07, 6.45) is 5.91. The molecule has 3 nitrogen and oxygen atoms in total. The van der Waals surface area contributed by atoms with Crippen molar-refractivity contribution in [2.24, 2.45) is 0 Å². The van der Waals surface area contributed by atoms with Crippen LogP contribution in [0.5, 0.6) is 0 Å². The van der Waals surface area contributed by atoms with Crippen LogP contribution < -0.4 is 5.73 Å². The largest absolute Gasteiger partial charge is 0.397 e. The maximum atomic E-state index is 11.3. The normalized spacial score (nSPS) is 16.3. The molecule has 1 aromatic heterocycles. The minimum absolute atomic E-state index is 0.179. The second-order valence-corrected chi connectivity index (χ2v) is 3.94. The van der Waals surface area contributed by atoms with Gasteiger partial charge in [0.25, 0.3) is 0 Å². The molecule has 1 aliphatic rings. The summed E-state index contributed by atoms with van der Waals surface area (Å²) in [4.78, 5) is 15.6. The van der Waals surface area contributed by atoms with E-state index in [1.54, 1.807) is 12.3 Å². The average molecular weight is 202 g/mol. The van der Waals surface area contributed by atoms with Crippen LogP contribution in [-0.4, -0.2) is 10.8 Å². The standard InChI is InChI=1S/C12H14N2O/c1-8-5-11(13)12(14-7-8)9-3-2-4-10(15)6-9/h5-7H,2-4,13H2,1H3. The third kappa shape index (κ3) is 2.06. The van der Waals surface area contributed by atoms with Crippen molar-refractivity contribution in [1.29, 1.82) is 0 Å². The van der Waals surface area contributed by atoms with Crippen LogP contribution in [0.4, 0.5) is 5.69 Å². The Morgan fingerprint density at radius 2 is 2.20 bits per heavy atom. The summed E-state index contributed by atoms with van der Waals surface area (Å²) in [7, 11) is 0. The Balaban J connectivity index is 2.41. The third-order valence-corrected chi connectivity index (χ3v) is 2.56. The molecule has 1 aliphatic carbocycles. The fourth-order valence-corrected chi connectivity index (χ4v) is 1.84. The van der Waals surface area contributed by atoms with Crippen LogP contribution in [0, 0.1) is 6.92 Å². The first-order valence-electron chi connectivity index (χ1n) is 5.13. The summed E-state index contributed by atoms with van der Waals surface area (Å²) < 4.78 is 0. The first-order chi connectivity index (χ1) is 7.16. The van der Waals surface area contributed by atoms with Gasteiger partial charge in [-0.05, 0) is 43.0 Å².